The van der Waals surface area contributed by atoms with E-state index in [0.29, 0.717) is 0 Å². The van der Waals surface area contributed by atoms with Crippen LogP contribution in [0.1, 0.15) is 24.2 Å². The number of likely N-dealkylation sites (N-methyl/N-ethyl adjacent to an activating group) is 1. The van der Waals surface area contributed by atoms with Crippen LogP contribution in [0.4, 0.5) is 0 Å². The number of carboxylic acid groups (broad SMARTS) is 1. The van der Waals surface area contributed by atoms with Crippen molar-refractivity contribution in [3.8, 4) is 0 Å². The number of halogens is 1. The van der Waals surface area contributed by atoms with Gasteiger partial charge in [-0.05, 0) is 32.0 Å². The van der Waals surface area contributed by atoms with Gasteiger partial charge in [-0.25, -0.2) is 13.2 Å². The van der Waals surface area contributed by atoms with Gasteiger partial charge in [0.25, 0.3) is 0 Å². The number of carbonyl (C=O) groups is 1. The van der Waals surface area contributed by atoms with Crippen LogP contribution >= 0.6 is 11.6 Å². The summed E-state index contributed by atoms with van der Waals surface area (Å²) in [4.78, 5) is 10.6. The van der Waals surface area contributed by atoms with Gasteiger partial charge in [-0.1, -0.05) is 11.6 Å². The zero-order chi connectivity index (χ0) is 15.7. The molecule has 1 aromatic carbocycles. The summed E-state index contributed by atoms with van der Waals surface area (Å²) in [5.41, 5.74) is -1.40. The van der Waals surface area contributed by atoms with Crippen LogP contribution < -0.4 is 0 Å². The molecule has 1 aromatic rings. The van der Waals surface area contributed by atoms with E-state index in [9.17, 15) is 18.3 Å². The van der Waals surface area contributed by atoms with E-state index >= 15 is 0 Å². The molecule has 20 heavy (non-hydrogen) atoms. The molecular formula is C12H16ClNO5S. The van der Waals surface area contributed by atoms with Gasteiger partial charge < -0.3 is 10.2 Å². The molecule has 6 nitrogen and oxygen atoms in total. The van der Waals surface area contributed by atoms with Crippen molar-refractivity contribution in [2.45, 2.75) is 24.3 Å². The van der Waals surface area contributed by atoms with E-state index in [4.69, 9.17) is 16.7 Å². The molecular weight excluding hydrogens is 306 g/mol. The standard InChI is InChI=1S/C12H16ClNO5S/c1-12(2,17)7-14(3)20(18,19)10-6-8(11(15)16)4-5-9(10)13/h4-6,17H,7H2,1-3H3,(H,15,16). The fourth-order valence-corrected chi connectivity index (χ4v) is 3.45. The molecule has 0 aliphatic heterocycles. The van der Waals surface area contributed by atoms with Gasteiger partial charge in [0.1, 0.15) is 4.90 Å². The maximum Gasteiger partial charge on any atom is 0.335 e. The first-order valence-electron chi connectivity index (χ1n) is 5.67. The minimum atomic E-state index is -3.98. The van der Waals surface area contributed by atoms with Gasteiger partial charge in [-0.3, -0.25) is 0 Å². The fourth-order valence-electron chi connectivity index (χ4n) is 1.63. The number of hydrogen-bond acceptors (Lipinski definition) is 4. The molecule has 0 amide bonds. The number of hydrogen-bond donors (Lipinski definition) is 2. The molecule has 0 spiro atoms. The number of nitrogens with zero attached hydrogens (tertiary/aromatic N) is 1. The largest absolute Gasteiger partial charge is 0.478 e. The highest BCUT2D eigenvalue weighted by molar-refractivity contribution is 7.89. The highest BCUT2D eigenvalue weighted by atomic mass is 35.5. The van der Waals surface area contributed by atoms with Crippen molar-refractivity contribution in [2.24, 2.45) is 0 Å². The number of benzene rings is 1. The Morgan fingerprint density at radius 3 is 2.40 bits per heavy atom. The van der Waals surface area contributed by atoms with E-state index < -0.39 is 21.6 Å². The molecule has 0 unspecified atom stereocenters. The normalized spacial score (nSPS) is 12.7. The Balaban J connectivity index is 3.28. The number of aliphatic hydroxyl groups is 1. The quantitative estimate of drug-likeness (QED) is 0.855. The Morgan fingerprint density at radius 1 is 1.40 bits per heavy atom. The Morgan fingerprint density at radius 2 is 1.95 bits per heavy atom. The molecule has 0 saturated carbocycles. The van der Waals surface area contributed by atoms with Gasteiger partial charge in [0, 0.05) is 13.6 Å². The lowest BCUT2D eigenvalue weighted by Gasteiger charge is -2.25. The van der Waals surface area contributed by atoms with Gasteiger partial charge >= 0.3 is 5.97 Å². The first kappa shape index (κ1) is 16.9. The highest BCUT2D eigenvalue weighted by Crippen LogP contribution is 2.26. The average Bonchev–Trinajstić information content (AvgIpc) is 2.26. The average molecular weight is 322 g/mol. The van der Waals surface area contributed by atoms with Crippen molar-refractivity contribution in [1.82, 2.24) is 4.31 Å². The molecule has 2 N–H and O–H groups in total. The third kappa shape index (κ3) is 3.92. The van der Waals surface area contributed by atoms with E-state index in [-0.39, 0.29) is 22.0 Å². The molecule has 8 heteroatoms. The number of sulfonamides is 1. The van der Waals surface area contributed by atoms with Crippen LogP contribution in [0.2, 0.25) is 5.02 Å². The van der Waals surface area contributed by atoms with Crippen LogP contribution in [0.15, 0.2) is 23.1 Å². The van der Waals surface area contributed by atoms with Crippen LogP contribution in [-0.2, 0) is 10.0 Å². The van der Waals surface area contributed by atoms with Crippen molar-refractivity contribution in [1.29, 1.82) is 0 Å². The highest BCUT2D eigenvalue weighted by Gasteiger charge is 2.28. The van der Waals surface area contributed by atoms with Crippen molar-refractivity contribution in [2.75, 3.05) is 13.6 Å². The molecule has 0 fully saturated rings. The number of rotatable bonds is 5. The summed E-state index contributed by atoms with van der Waals surface area (Å²) in [6, 6.07) is 3.44. The zero-order valence-corrected chi connectivity index (χ0v) is 12.9. The van der Waals surface area contributed by atoms with Gasteiger partial charge in [0.2, 0.25) is 10.0 Å². The minimum absolute atomic E-state index is 0.0717. The molecule has 0 atom stereocenters. The first-order valence-corrected chi connectivity index (χ1v) is 7.48. The summed E-state index contributed by atoms with van der Waals surface area (Å²) in [5, 5.41) is 18.5. The van der Waals surface area contributed by atoms with E-state index in [2.05, 4.69) is 0 Å². The monoisotopic (exact) mass is 321 g/mol. The van der Waals surface area contributed by atoms with Gasteiger partial charge in [-0.2, -0.15) is 4.31 Å². The molecule has 0 saturated heterocycles. The van der Waals surface area contributed by atoms with Gasteiger partial charge in [-0.15, -0.1) is 0 Å². The first-order chi connectivity index (χ1) is 8.95. The predicted molar refractivity (Wildman–Crippen MR) is 74.5 cm³/mol. The smallest absolute Gasteiger partial charge is 0.335 e. The molecule has 1 rings (SSSR count). The van der Waals surface area contributed by atoms with Crippen molar-refractivity contribution >= 4 is 27.6 Å². The topological polar surface area (TPSA) is 94.9 Å². The lowest BCUT2D eigenvalue weighted by atomic mass is 10.1. The Bertz CT molecular complexity index is 621. The molecule has 0 aliphatic rings. The minimum Gasteiger partial charge on any atom is -0.478 e. The van der Waals surface area contributed by atoms with E-state index in [1.54, 1.807) is 0 Å². The second-order valence-corrected chi connectivity index (χ2v) is 7.44. The van der Waals surface area contributed by atoms with Crippen LogP contribution in [0.3, 0.4) is 0 Å². The molecule has 112 valence electrons. The molecule has 0 aromatic heterocycles. The molecule has 0 heterocycles. The lowest BCUT2D eigenvalue weighted by Crippen LogP contribution is -2.39. The number of aromatic carboxylic acids is 1. The third-order valence-electron chi connectivity index (χ3n) is 2.48. The van der Waals surface area contributed by atoms with Crippen LogP contribution in [0.5, 0.6) is 0 Å². The Labute approximate surface area is 122 Å². The van der Waals surface area contributed by atoms with E-state index in [0.717, 1.165) is 10.4 Å². The van der Waals surface area contributed by atoms with Crippen LogP contribution in [0, 0.1) is 0 Å². The van der Waals surface area contributed by atoms with Gasteiger partial charge in [0.15, 0.2) is 0 Å². The zero-order valence-electron chi connectivity index (χ0n) is 11.3. The maximum absolute atomic E-state index is 12.3. The second-order valence-electron chi connectivity index (χ2n) is 5.02. The number of carboxylic acids is 1. The molecule has 0 aliphatic carbocycles. The SMILES string of the molecule is CN(CC(C)(C)O)S(=O)(=O)c1cc(C(=O)O)ccc1Cl. The predicted octanol–water partition coefficient (Wildman–Crippen LogP) is 1.43. The maximum atomic E-state index is 12.3. The molecule has 0 bridgehead atoms. The Kier molecular flexibility index (Phi) is 4.81. The van der Waals surface area contributed by atoms with Crippen molar-refractivity contribution < 1.29 is 23.4 Å². The summed E-state index contributed by atoms with van der Waals surface area (Å²) >= 11 is 5.84. The lowest BCUT2D eigenvalue weighted by molar-refractivity contribution is 0.0638. The summed E-state index contributed by atoms with van der Waals surface area (Å²) in [6.07, 6.45) is 0. The third-order valence-corrected chi connectivity index (χ3v) is 4.76. The summed E-state index contributed by atoms with van der Waals surface area (Å²) in [5.74, 6) is -1.25. The van der Waals surface area contributed by atoms with Gasteiger partial charge in [0.05, 0.1) is 16.2 Å². The van der Waals surface area contributed by atoms with Crippen molar-refractivity contribution in [3.63, 3.8) is 0 Å². The molecule has 0 radical (unpaired) electrons. The fraction of sp³-hybridized carbons (Fsp3) is 0.417. The van der Waals surface area contributed by atoms with E-state index in [1.165, 1.54) is 33.0 Å². The van der Waals surface area contributed by atoms with Crippen molar-refractivity contribution in [3.05, 3.63) is 28.8 Å². The van der Waals surface area contributed by atoms with Crippen LogP contribution in [-0.4, -0.2) is 48.1 Å². The Hall–Kier alpha value is -1.15. The van der Waals surface area contributed by atoms with Crippen LogP contribution in [0.25, 0.3) is 0 Å². The second kappa shape index (κ2) is 5.69. The summed E-state index contributed by atoms with van der Waals surface area (Å²) in [7, 11) is -2.69. The summed E-state index contributed by atoms with van der Waals surface area (Å²) < 4.78 is 25.6. The summed E-state index contributed by atoms with van der Waals surface area (Å²) in [6.45, 7) is 2.78. The van der Waals surface area contributed by atoms with E-state index in [1.807, 2.05) is 0 Å².